The Morgan fingerprint density at radius 2 is 1.77 bits per heavy atom. The summed E-state index contributed by atoms with van der Waals surface area (Å²) in [5.41, 5.74) is 1.71. The van der Waals surface area contributed by atoms with Gasteiger partial charge in [-0.1, -0.05) is 48.9 Å². The van der Waals surface area contributed by atoms with E-state index in [9.17, 15) is 27.6 Å². The van der Waals surface area contributed by atoms with Crippen molar-refractivity contribution < 1.29 is 27.5 Å². The van der Waals surface area contributed by atoms with Crippen LogP contribution in [0.5, 0.6) is 5.75 Å². The van der Waals surface area contributed by atoms with Gasteiger partial charge in [-0.25, -0.2) is 9.97 Å². The molecule has 53 heavy (non-hydrogen) atoms. The Bertz CT molecular complexity index is 2310. The number of anilines is 2. The van der Waals surface area contributed by atoms with E-state index in [0.717, 1.165) is 16.1 Å². The number of carbonyl (C=O) groups is 2. The van der Waals surface area contributed by atoms with Crippen LogP contribution in [0, 0.1) is 6.92 Å². The molecule has 0 bridgehead atoms. The lowest BCUT2D eigenvalue weighted by Crippen LogP contribution is -2.51. The zero-order chi connectivity index (χ0) is 37.6. The molecule has 0 spiro atoms. The van der Waals surface area contributed by atoms with Crippen molar-refractivity contribution in [3.8, 4) is 5.75 Å². The molecule has 1 saturated heterocycles. The first-order valence-electron chi connectivity index (χ1n) is 16.8. The van der Waals surface area contributed by atoms with Crippen LogP contribution in [0.25, 0.3) is 5.78 Å². The number of fused-ring (bicyclic) bond motifs is 2. The Morgan fingerprint density at radius 1 is 1.06 bits per heavy atom. The van der Waals surface area contributed by atoms with Crippen molar-refractivity contribution in [2.24, 2.45) is 0 Å². The summed E-state index contributed by atoms with van der Waals surface area (Å²) < 4.78 is 49.6. The third-order valence-corrected chi connectivity index (χ3v) is 10.1. The van der Waals surface area contributed by atoms with E-state index in [-0.39, 0.29) is 84.1 Å². The predicted molar refractivity (Wildman–Crippen MR) is 192 cm³/mol. The second-order valence-corrected chi connectivity index (χ2v) is 13.7. The molecule has 1 N–H and O–H groups in total. The van der Waals surface area contributed by atoms with Crippen LogP contribution in [0.3, 0.4) is 0 Å². The highest BCUT2D eigenvalue weighted by atomic mass is 79.9. The van der Waals surface area contributed by atoms with Crippen LogP contribution in [-0.2, 0) is 43.4 Å². The normalized spacial score (nSPS) is 14.2. The molecule has 7 rings (SSSR count). The summed E-state index contributed by atoms with van der Waals surface area (Å²) in [6.07, 6.45) is -2.37. The minimum atomic E-state index is -4.57. The van der Waals surface area contributed by atoms with Crippen molar-refractivity contribution >= 4 is 56.5 Å². The summed E-state index contributed by atoms with van der Waals surface area (Å²) in [5, 5.41) is 6.72. The lowest BCUT2D eigenvalue weighted by molar-refractivity contribution is -0.138. The Hall–Kier alpha value is -5.03. The molecule has 1 fully saturated rings. The number of halogens is 5. The van der Waals surface area contributed by atoms with E-state index < -0.39 is 23.2 Å². The number of aromatic nitrogens is 6. The summed E-state index contributed by atoms with van der Waals surface area (Å²) in [6.45, 7) is 4.52. The molecular weight excluding hydrogens is 783 g/mol. The summed E-state index contributed by atoms with van der Waals surface area (Å²) in [6, 6.07) is 10.4. The average Bonchev–Trinajstić information content (AvgIpc) is 3.52. The molecule has 0 unspecified atom stereocenters. The van der Waals surface area contributed by atoms with E-state index >= 15 is 0 Å². The molecule has 1 aliphatic heterocycles. The maximum atomic E-state index is 14.0. The third-order valence-electron chi connectivity index (χ3n) is 9.43. The average molecular weight is 815 g/mol. The van der Waals surface area contributed by atoms with Gasteiger partial charge in [-0.3, -0.25) is 14.4 Å². The smallest absolute Gasteiger partial charge is 0.416 e. The first kappa shape index (κ1) is 36.3. The van der Waals surface area contributed by atoms with E-state index in [1.807, 2.05) is 42.2 Å². The van der Waals surface area contributed by atoms with Crippen molar-refractivity contribution in [3.63, 3.8) is 0 Å². The van der Waals surface area contributed by atoms with Gasteiger partial charge < -0.3 is 24.4 Å². The number of nitrogens with zero attached hydrogens (tertiary/aromatic N) is 8. The van der Waals surface area contributed by atoms with Crippen LogP contribution < -0.4 is 20.5 Å². The van der Waals surface area contributed by atoms with Crippen molar-refractivity contribution in [1.82, 2.24) is 34.0 Å². The highest BCUT2D eigenvalue weighted by Gasteiger charge is 2.39. The fourth-order valence-electron chi connectivity index (χ4n) is 6.79. The minimum Gasteiger partial charge on any atom is -0.485 e. The number of aryl methyl sites for hydroxylation is 1. The number of hydrogen-bond donors (Lipinski definition) is 1. The lowest BCUT2D eigenvalue weighted by atomic mass is 9.83. The molecule has 1 aliphatic carbocycles. The van der Waals surface area contributed by atoms with Crippen LogP contribution >= 0.6 is 27.5 Å². The monoisotopic (exact) mass is 813 g/mol. The fourth-order valence-corrected chi connectivity index (χ4v) is 7.38. The van der Waals surface area contributed by atoms with Gasteiger partial charge in [0.15, 0.2) is 11.4 Å². The predicted octanol–water partition coefficient (Wildman–Crippen LogP) is 5.27. The number of amides is 2. The van der Waals surface area contributed by atoms with Gasteiger partial charge in [0.1, 0.15) is 25.2 Å². The Balaban J connectivity index is 1.13. The Morgan fingerprint density at radius 3 is 2.43 bits per heavy atom. The molecule has 2 aromatic carbocycles. The molecule has 276 valence electrons. The molecule has 2 aliphatic rings. The molecule has 0 atom stereocenters. The first-order valence-corrected chi connectivity index (χ1v) is 17.9. The second kappa shape index (κ2) is 14.4. The summed E-state index contributed by atoms with van der Waals surface area (Å²) in [7, 11) is 0. The maximum Gasteiger partial charge on any atom is 0.416 e. The first-order chi connectivity index (χ1) is 25.3. The number of benzene rings is 2. The quantitative estimate of drug-likeness (QED) is 0.211. The van der Waals surface area contributed by atoms with Crippen LogP contribution in [0.15, 0.2) is 52.3 Å². The van der Waals surface area contributed by atoms with Gasteiger partial charge in [0, 0.05) is 26.2 Å². The minimum absolute atomic E-state index is 0.0973. The van der Waals surface area contributed by atoms with Gasteiger partial charge in [0.25, 0.3) is 11.5 Å². The van der Waals surface area contributed by atoms with Crippen molar-refractivity contribution in [2.45, 2.75) is 52.4 Å². The van der Waals surface area contributed by atoms with Crippen molar-refractivity contribution in [1.29, 1.82) is 0 Å². The van der Waals surface area contributed by atoms with E-state index in [1.165, 1.54) is 6.33 Å². The van der Waals surface area contributed by atoms with Crippen molar-refractivity contribution in [3.05, 3.63) is 102 Å². The van der Waals surface area contributed by atoms with E-state index in [2.05, 4.69) is 41.3 Å². The van der Waals surface area contributed by atoms with Crippen LogP contribution in [0.2, 0.25) is 5.02 Å². The maximum absolute atomic E-state index is 14.0. The van der Waals surface area contributed by atoms with Gasteiger partial charge in [-0.2, -0.15) is 22.7 Å². The zero-order valence-corrected chi connectivity index (χ0v) is 30.8. The van der Waals surface area contributed by atoms with E-state index in [1.54, 1.807) is 16.4 Å². The highest BCUT2D eigenvalue weighted by molar-refractivity contribution is 9.10. The van der Waals surface area contributed by atoms with Crippen LogP contribution in [-0.4, -0.2) is 72.0 Å². The molecule has 0 saturated carbocycles. The Labute approximate surface area is 313 Å². The molecule has 3 aromatic heterocycles. The largest absolute Gasteiger partial charge is 0.485 e. The highest BCUT2D eigenvalue weighted by Crippen LogP contribution is 2.44. The van der Waals surface area contributed by atoms with Gasteiger partial charge >= 0.3 is 6.18 Å². The molecule has 2 amide bonds. The van der Waals surface area contributed by atoms with Crippen LogP contribution in [0.1, 0.15) is 51.1 Å². The Kier molecular flexibility index (Phi) is 9.88. The molecule has 4 heterocycles. The van der Waals surface area contributed by atoms with Gasteiger partial charge in [0.05, 0.1) is 27.7 Å². The van der Waals surface area contributed by atoms with E-state index in [0.29, 0.717) is 41.2 Å². The summed E-state index contributed by atoms with van der Waals surface area (Å²) in [5.74, 6) is -0.518. The fraction of sp³-hybridized carbons (Fsp3) is 0.343. The zero-order valence-electron chi connectivity index (χ0n) is 28.5. The van der Waals surface area contributed by atoms with Gasteiger partial charge in [-0.05, 0) is 64.9 Å². The lowest BCUT2D eigenvalue weighted by Gasteiger charge is -2.36. The van der Waals surface area contributed by atoms with Gasteiger partial charge in [0.2, 0.25) is 16.4 Å². The number of alkyl halides is 3. The standard InChI is InChI=1S/C35H32BrClF3N9O4/c1-3-25-29(46-11-13-47(14-12-46)31(51)28-30(19(2)41-18-42-28)53-17-20-7-5-4-6-8-20)32(52)49-34(44-33(36)45-49)48(25)16-26(50)43-27-22-10-9-21(22)23(15-24(27)37)35(38,39)40/h4-8,15,18H,3,9-14,16-17H2,1-2H3,(H,43,50). The number of ether oxygens (including phenoxy) is 1. The molecular formula is C35H32BrClF3N9O4. The molecule has 0 radical (unpaired) electrons. The number of piperazine rings is 1. The number of carbonyl (C=O) groups excluding carboxylic acids is 2. The van der Waals surface area contributed by atoms with Gasteiger partial charge in [-0.15, -0.1) is 5.10 Å². The number of nitrogens with one attached hydrogen (secondary N) is 1. The number of rotatable bonds is 9. The van der Waals surface area contributed by atoms with Crippen LogP contribution in [0.4, 0.5) is 24.5 Å². The van der Waals surface area contributed by atoms with E-state index in [4.69, 9.17) is 16.3 Å². The third kappa shape index (κ3) is 6.94. The summed E-state index contributed by atoms with van der Waals surface area (Å²) in [4.78, 5) is 57.7. The molecule has 18 heteroatoms. The topological polar surface area (TPSA) is 140 Å². The molecule has 5 aromatic rings. The summed E-state index contributed by atoms with van der Waals surface area (Å²) >= 11 is 9.52. The second-order valence-electron chi connectivity index (χ2n) is 12.6. The number of hydrogen-bond acceptors (Lipinski definition) is 9. The SMILES string of the molecule is CCc1c(N2CCN(C(=O)c3ncnc(C)c3OCc3ccccc3)CC2)c(=O)n2nc(Br)nc2n1CC(=O)Nc1c(Cl)cc(C(F)(F)F)c2c1CC2. The van der Waals surface area contributed by atoms with Crippen molar-refractivity contribution in [2.75, 3.05) is 36.4 Å². The molecule has 13 nitrogen and oxygen atoms in total.